The van der Waals surface area contributed by atoms with Gasteiger partial charge in [-0.25, -0.2) is 14.7 Å². The number of amides is 1. The van der Waals surface area contributed by atoms with Crippen molar-refractivity contribution in [1.29, 1.82) is 0 Å². The van der Waals surface area contributed by atoms with E-state index >= 15 is 0 Å². The highest BCUT2D eigenvalue weighted by molar-refractivity contribution is 9.11. The van der Waals surface area contributed by atoms with E-state index in [4.69, 9.17) is 9.47 Å². The Morgan fingerprint density at radius 2 is 1.96 bits per heavy atom. The van der Waals surface area contributed by atoms with Crippen LogP contribution in [0.3, 0.4) is 0 Å². The van der Waals surface area contributed by atoms with Gasteiger partial charge in [0.15, 0.2) is 5.13 Å². The Morgan fingerprint density at radius 3 is 2.43 bits per heavy atom. The molecule has 0 aliphatic heterocycles. The number of hydrogen-bond acceptors (Lipinski definition) is 5. The Hall–Kier alpha value is -1.60. The van der Waals surface area contributed by atoms with E-state index in [9.17, 15) is 4.79 Å². The number of benzene rings is 1. The molecule has 0 unspecified atom stereocenters. The number of rotatable bonds is 4. The summed E-state index contributed by atoms with van der Waals surface area (Å²) >= 11 is 4.76. The summed E-state index contributed by atoms with van der Waals surface area (Å²) in [5.74, 6) is 0.773. The molecule has 2 rings (SSSR count). The second-order valence-corrected chi connectivity index (χ2v) is 8.25. The van der Waals surface area contributed by atoms with E-state index in [-0.39, 0.29) is 0 Å². The normalized spacial score (nSPS) is 11.2. The Morgan fingerprint density at radius 1 is 1.30 bits per heavy atom. The molecule has 7 heteroatoms. The molecule has 1 aromatic heterocycles. The highest BCUT2D eigenvalue weighted by atomic mass is 79.9. The van der Waals surface area contributed by atoms with Gasteiger partial charge in [0.25, 0.3) is 0 Å². The van der Waals surface area contributed by atoms with E-state index in [2.05, 4.69) is 20.9 Å². The summed E-state index contributed by atoms with van der Waals surface area (Å²) in [6.07, 6.45) is 1.25. The van der Waals surface area contributed by atoms with Gasteiger partial charge in [0.05, 0.1) is 23.6 Å². The van der Waals surface area contributed by atoms with Crippen LogP contribution in [-0.4, -0.2) is 23.8 Å². The summed E-state index contributed by atoms with van der Waals surface area (Å²) in [5, 5.41) is 0.585. The van der Waals surface area contributed by atoms with E-state index in [1.165, 1.54) is 16.2 Å². The topological polar surface area (TPSA) is 51.7 Å². The van der Waals surface area contributed by atoms with Crippen molar-refractivity contribution < 1.29 is 14.3 Å². The van der Waals surface area contributed by atoms with Crippen LogP contribution in [0, 0.1) is 0 Å². The first-order chi connectivity index (χ1) is 10.8. The number of aromatic nitrogens is 1. The number of halogens is 1. The number of nitrogens with zero attached hydrogens (tertiary/aromatic N) is 2. The fraction of sp³-hybridized carbons (Fsp3) is 0.375. The molecule has 0 atom stereocenters. The minimum atomic E-state index is -0.566. The van der Waals surface area contributed by atoms with Crippen LogP contribution in [0.5, 0.6) is 5.75 Å². The highest BCUT2D eigenvalue weighted by Crippen LogP contribution is 2.29. The standard InChI is InChI=1S/C16H19BrN2O3S/c1-16(2,3)22-15(20)19(14-18-9-13(17)23-14)10-11-5-7-12(21-4)8-6-11/h5-9H,10H2,1-4H3. The third kappa shape index (κ3) is 5.21. The van der Waals surface area contributed by atoms with Crippen LogP contribution in [0.15, 0.2) is 34.2 Å². The molecule has 0 N–H and O–H groups in total. The molecule has 5 nitrogen and oxygen atoms in total. The van der Waals surface area contributed by atoms with E-state index in [1.54, 1.807) is 13.3 Å². The van der Waals surface area contributed by atoms with Crippen molar-refractivity contribution in [3.63, 3.8) is 0 Å². The van der Waals surface area contributed by atoms with E-state index in [0.717, 1.165) is 15.1 Å². The van der Waals surface area contributed by atoms with Gasteiger partial charge in [-0.1, -0.05) is 23.5 Å². The van der Waals surface area contributed by atoms with Gasteiger partial charge < -0.3 is 9.47 Å². The Labute approximate surface area is 148 Å². The van der Waals surface area contributed by atoms with Crippen LogP contribution in [0.25, 0.3) is 0 Å². The summed E-state index contributed by atoms with van der Waals surface area (Å²) in [5.41, 5.74) is 0.395. The number of methoxy groups -OCH3 is 1. The largest absolute Gasteiger partial charge is 0.497 e. The SMILES string of the molecule is COc1ccc(CN(C(=O)OC(C)(C)C)c2ncc(Br)s2)cc1. The molecule has 1 aromatic carbocycles. The fourth-order valence-corrected chi connectivity index (χ4v) is 2.98. The molecular weight excluding hydrogens is 380 g/mol. The minimum absolute atomic E-state index is 0.374. The van der Waals surface area contributed by atoms with Crippen LogP contribution in [-0.2, 0) is 11.3 Å². The van der Waals surface area contributed by atoms with E-state index in [1.807, 2.05) is 45.0 Å². The third-order valence-corrected chi connectivity index (χ3v) is 4.31. The zero-order chi connectivity index (χ0) is 17.0. The molecule has 23 heavy (non-hydrogen) atoms. The average Bonchev–Trinajstić information content (AvgIpc) is 2.89. The maximum absolute atomic E-state index is 12.5. The average molecular weight is 399 g/mol. The molecule has 0 saturated carbocycles. The van der Waals surface area contributed by atoms with Crippen molar-refractivity contribution >= 4 is 38.5 Å². The summed E-state index contributed by atoms with van der Waals surface area (Å²) in [6.45, 7) is 5.90. The van der Waals surface area contributed by atoms with Gasteiger partial charge in [0.2, 0.25) is 0 Å². The predicted octanol–water partition coefficient (Wildman–Crippen LogP) is 4.86. The van der Waals surface area contributed by atoms with Gasteiger partial charge in [-0.3, -0.25) is 0 Å². The molecule has 124 valence electrons. The van der Waals surface area contributed by atoms with Crippen molar-refractivity contribution in [1.82, 2.24) is 4.98 Å². The zero-order valence-electron chi connectivity index (χ0n) is 13.5. The van der Waals surface area contributed by atoms with Crippen molar-refractivity contribution in [2.75, 3.05) is 12.0 Å². The summed E-state index contributed by atoms with van der Waals surface area (Å²) in [6, 6.07) is 7.55. The molecule has 0 radical (unpaired) electrons. The maximum Gasteiger partial charge on any atom is 0.416 e. The number of anilines is 1. The number of hydrogen-bond donors (Lipinski definition) is 0. The van der Waals surface area contributed by atoms with Gasteiger partial charge in [-0.05, 0) is 54.4 Å². The van der Waals surface area contributed by atoms with Gasteiger partial charge in [0.1, 0.15) is 11.4 Å². The van der Waals surface area contributed by atoms with Crippen LogP contribution < -0.4 is 9.64 Å². The molecule has 1 heterocycles. The van der Waals surface area contributed by atoms with Crippen LogP contribution >= 0.6 is 27.3 Å². The zero-order valence-corrected chi connectivity index (χ0v) is 15.9. The van der Waals surface area contributed by atoms with Crippen LogP contribution in [0.4, 0.5) is 9.93 Å². The van der Waals surface area contributed by atoms with Crippen molar-refractivity contribution in [2.24, 2.45) is 0 Å². The van der Waals surface area contributed by atoms with E-state index < -0.39 is 11.7 Å². The lowest BCUT2D eigenvalue weighted by atomic mass is 10.2. The lowest BCUT2D eigenvalue weighted by molar-refractivity contribution is 0.0577. The van der Waals surface area contributed by atoms with Crippen molar-refractivity contribution in [3.8, 4) is 5.75 Å². The van der Waals surface area contributed by atoms with Crippen LogP contribution in [0.1, 0.15) is 26.3 Å². The Bertz CT molecular complexity index is 665. The minimum Gasteiger partial charge on any atom is -0.497 e. The number of carbonyl (C=O) groups is 1. The third-order valence-electron chi connectivity index (χ3n) is 2.81. The van der Waals surface area contributed by atoms with Crippen LogP contribution in [0.2, 0.25) is 0 Å². The number of ether oxygens (including phenoxy) is 2. The number of carbonyl (C=O) groups excluding carboxylic acids is 1. The van der Waals surface area contributed by atoms with Gasteiger partial charge in [0, 0.05) is 0 Å². The molecule has 0 aliphatic carbocycles. The lowest BCUT2D eigenvalue weighted by Gasteiger charge is -2.25. The predicted molar refractivity (Wildman–Crippen MR) is 95.2 cm³/mol. The molecular formula is C16H19BrN2O3S. The molecule has 2 aromatic rings. The molecule has 0 spiro atoms. The maximum atomic E-state index is 12.5. The van der Waals surface area contributed by atoms with Crippen molar-refractivity contribution in [2.45, 2.75) is 32.9 Å². The second-order valence-electron chi connectivity index (χ2n) is 5.86. The van der Waals surface area contributed by atoms with Gasteiger partial charge >= 0.3 is 6.09 Å². The molecule has 0 saturated heterocycles. The van der Waals surface area contributed by atoms with E-state index in [0.29, 0.717) is 11.7 Å². The quantitative estimate of drug-likeness (QED) is 0.737. The molecule has 1 amide bonds. The first kappa shape index (κ1) is 17.7. The van der Waals surface area contributed by atoms with Gasteiger partial charge in [-0.15, -0.1) is 0 Å². The summed E-state index contributed by atoms with van der Waals surface area (Å²) in [4.78, 5) is 18.3. The second kappa shape index (κ2) is 7.31. The lowest BCUT2D eigenvalue weighted by Crippen LogP contribution is -2.36. The van der Waals surface area contributed by atoms with Crippen molar-refractivity contribution in [3.05, 3.63) is 39.8 Å². The molecule has 0 bridgehead atoms. The molecule has 0 aliphatic rings. The Kier molecular flexibility index (Phi) is 5.64. The summed E-state index contributed by atoms with van der Waals surface area (Å²) < 4.78 is 11.5. The first-order valence-electron chi connectivity index (χ1n) is 7.03. The van der Waals surface area contributed by atoms with Gasteiger partial charge in [-0.2, -0.15) is 0 Å². The molecule has 0 fully saturated rings. The smallest absolute Gasteiger partial charge is 0.416 e. The summed E-state index contributed by atoms with van der Waals surface area (Å²) in [7, 11) is 1.62. The monoisotopic (exact) mass is 398 g/mol. The fourth-order valence-electron chi connectivity index (χ4n) is 1.81. The number of thiazole rings is 1. The first-order valence-corrected chi connectivity index (χ1v) is 8.64. The Balaban J connectivity index is 2.23. The highest BCUT2D eigenvalue weighted by Gasteiger charge is 2.25.